The van der Waals surface area contributed by atoms with Gasteiger partial charge in [0.25, 0.3) is 5.91 Å². The first kappa shape index (κ1) is 20.4. The summed E-state index contributed by atoms with van der Waals surface area (Å²) in [6.45, 7) is 1.66. The van der Waals surface area contributed by atoms with Gasteiger partial charge in [0.2, 0.25) is 10.0 Å². The summed E-state index contributed by atoms with van der Waals surface area (Å²) in [4.78, 5) is 12.2. The highest BCUT2D eigenvalue weighted by Gasteiger charge is 2.23. The van der Waals surface area contributed by atoms with Gasteiger partial charge >= 0.3 is 0 Å². The van der Waals surface area contributed by atoms with Gasteiger partial charge in [-0.2, -0.15) is 5.10 Å². The first-order valence-electron chi connectivity index (χ1n) is 8.08. The molecule has 144 valence electrons. The topological polar surface area (TPSA) is 88.1 Å². The molecule has 0 aliphatic rings. The summed E-state index contributed by atoms with van der Waals surface area (Å²) in [6, 6.07) is 12.1. The van der Waals surface area contributed by atoms with Gasteiger partial charge in [-0.25, -0.2) is 18.2 Å². The third-order valence-electron chi connectivity index (χ3n) is 3.39. The van der Waals surface area contributed by atoms with Crippen LogP contribution in [-0.4, -0.2) is 39.9 Å². The van der Waals surface area contributed by atoms with E-state index in [0.717, 1.165) is 10.6 Å². The third-order valence-corrected chi connectivity index (χ3v) is 4.52. The largest absolute Gasteiger partial charge is 0.492 e. The summed E-state index contributed by atoms with van der Waals surface area (Å²) < 4.78 is 43.6. The van der Waals surface area contributed by atoms with E-state index in [0.29, 0.717) is 17.9 Å². The highest BCUT2D eigenvalue weighted by molar-refractivity contribution is 7.92. The molecule has 2 rings (SSSR count). The Hall–Kier alpha value is -2.94. The molecule has 0 aliphatic carbocycles. The second kappa shape index (κ2) is 9.13. The average Bonchev–Trinajstić information content (AvgIpc) is 2.61. The van der Waals surface area contributed by atoms with Crippen LogP contribution in [0.15, 0.2) is 53.6 Å². The first-order chi connectivity index (χ1) is 12.8. The van der Waals surface area contributed by atoms with Crippen LogP contribution in [0.25, 0.3) is 0 Å². The van der Waals surface area contributed by atoms with E-state index >= 15 is 0 Å². The number of carbonyl (C=O) groups is 1. The van der Waals surface area contributed by atoms with Crippen molar-refractivity contribution in [3.63, 3.8) is 0 Å². The Kier molecular flexibility index (Phi) is 6.89. The third kappa shape index (κ3) is 6.07. The number of halogens is 1. The van der Waals surface area contributed by atoms with Gasteiger partial charge in [-0.15, -0.1) is 0 Å². The summed E-state index contributed by atoms with van der Waals surface area (Å²) in [7, 11) is -3.74. The molecule has 0 aliphatic heterocycles. The molecule has 0 radical (unpaired) electrons. The second-order valence-corrected chi connectivity index (χ2v) is 7.42. The fourth-order valence-corrected chi connectivity index (χ4v) is 3.08. The van der Waals surface area contributed by atoms with Crippen molar-refractivity contribution in [2.45, 2.75) is 6.92 Å². The Morgan fingerprint density at radius 1 is 1.22 bits per heavy atom. The number of carbonyl (C=O) groups excluding carboxylic acids is 1. The van der Waals surface area contributed by atoms with E-state index in [9.17, 15) is 17.6 Å². The normalized spacial score (nSPS) is 11.4. The van der Waals surface area contributed by atoms with E-state index in [1.165, 1.54) is 30.5 Å². The SMILES string of the molecule is CCOc1ccccc1N(CC(=O)N/N=C\c1ccc(F)cc1)S(C)(=O)=O. The van der Waals surface area contributed by atoms with Crippen molar-refractivity contribution in [2.75, 3.05) is 23.7 Å². The number of ether oxygens (including phenoxy) is 1. The zero-order valence-corrected chi connectivity index (χ0v) is 15.7. The summed E-state index contributed by atoms with van der Waals surface area (Å²) in [5.41, 5.74) is 3.10. The van der Waals surface area contributed by atoms with Crippen LogP contribution in [0.1, 0.15) is 12.5 Å². The minimum Gasteiger partial charge on any atom is -0.492 e. The summed E-state index contributed by atoms with van der Waals surface area (Å²) >= 11 is 0. The minimum atomic E-state index is -3.74. The standard InChI is InChI=1S/C18H20FN3O4S/c1-3-26-17-7-5-4-6-16(17)22(27(2,24)25)13-18(23)21-20-12-14-8-10-15(19)11-9-14/h4-12H,3,13H2,1-2H3,(H,21,23)/b20-12-. The lowest BCUT2D eigenvalue weighted by Crippen LogP contribution is -2.39. The molecule has 0 unspecified atom stereocenters. The molecule has 7 nitrogen and oxygen atoms in total. The Bertz CT molecular complexity index is 914. The van der Waals surface area contributed by atoms with Crippen LogP contribution < -0.4 is 14.5 Å². The molecule has 0 saturated carbocycles. The van der Waals surface area contributed by atoms with Gasteiger partial charge in [0, 0.05) is 0 Å². The molecule has 0 spiro atoms. The number of para-hydroxylation sites is 2. The maximum absolute atomic E-state index is 12.9. The molecule has 0 saturated heterocycles. The van der Waals surface area contributed by atoms with Gasteiger partial charge in [0.05, 0.1) is 24.8 Å². The summed E-state index contributed by atoms with van der Waals surface area (Å²) in [6.07, 6.45) is 2.33. The number of sulfonamides is 1. The van der Waals surface area contributed by atoms with Gasteiger partial charge in [0.15, 0.2) is 0 Å². The zero-order chi connectivity index (χ0) is 19.9. The minimum absolute atomic E-state index is 0.263. The molecule has 9 heteroatoms. The van der Waals surface area contributed by atoms with Crippen molar-refractivity contribution in [3.05, 3.63) is 59.9 Å². The number of hydrazone groups is 1. The van der Waals surface area contributed by atoms with Crippen LogP contribution in [0.3, 0.4) is 0 Å². The van der Waals surface area contributed by atoms with Crippen molar-refractivity contribution < 1.29 is 22.3 Å². The smallest absolute Gasteiger partial charge is 0.260 e. The molecule has 2 aromatic rings. The van der Waals surface area contributed by atoms with E-state index < -0.39 is 22.5 Å². The van der Waals surface area contributed by atoms with Crippen LogP contribution in [-0.2, 0) is 14.8 Å². The lowest BCUT2D eigenvalue weighted by Gasteiger charge is -2.23. The lowest BCUT2D eigenvalue weighted by molar-refractivity contribution is -0.119. The molecule has 2 aromatic carbocycles. The van der Waals surface area contributed by atoms with Crippen molar-refractivity contribution in [2.24, 2.45) is 5.10 Å². The van der Waals surface area contributed by atoms with E-state index in [4.69, 9.17) is 4.74 Å². The number of hydrogen-bond donors (Lipinski definition) is 1. The molecule has 0 fully saturated rings. The molecular formula is C18H20FN3O4S. The predicted octanol–water partition coefficient (Wildman–Crippen LogP) is 2.14. The molecule has 1 amide bonds. The molecule has 0 atom stereocenters. The summed E-state index contributed by atoms with van der Waals surface area (Å²) in [5.74, 6) is -0.661. The predicted molar refractivity (Wildman–Crippen MR) is 102 cm³/mol. The van der Waals surface area contributed by atoms with Crippen molar-refractivity contribution in [1.82, 2.24) is 5.43 Å². The Morgan fingerprint density at radius 3 is 2.52 bits per heavy atom. The van der Waals surface area contributed by atoms with Crippen LogP contribution in [0.4, 0.5) is 10.1 Å². The monoisotopic (exact) mass is 393 g/mol. The lowest BCUT2D eigenvalue weighted by atomic mass is 10.2. The number of rotatable bonds is 8. The fourth-order valence-electron chi connectivity index (χ4n) is 2.22. The number of benzene rings is 2. The Labute approximate surface area is 157 Å². The van der Waals surface area contributed by atoms with Crippen LogP contribution >= 0.6 is 0 Å². The molecular weight excluding hydrogens is 373 g/mol. The maximum Gasteiger partial charge on any atom is 0.260 e. The number of anilines is 1. The van der Waals surface area contributed by atoms with Gasteiger partial charge in [0.1, 0.15) is 18.1 Å². The van der Waals surface area contributed by atoms with Crippen LogP contribution in [0, 0.1) is 5.82 Å². The Morgan fingerprint density at radius 2 is 1.89 bits per heavy atom. The van der Waals surface area contributed by atoms with Crippen LogP contribution in [0.2, 0.25) is 0 Å². The second-order valence-electron chi connectivity index (χ2n) is 5.52. The summed E-state index contributed by atoms with van der Waals surface area (Å²) in [5, 5.41) is 3.76. The van der Waals surface area contributed by atoms with Crippen molar-refractivity contribution in [1.29, 1.82) is 0 Å². The molecule has 27 heavy (non-hydrogen) atoms. The van der Waals surface area contributed by atoms with Crippen molar-refractivity contribution in [3.8, 4) is 5.75 Å². The number of nitrogens with zero attached hydrogens (tertiary/aromatic N) is 2. The first-order valence-corrected chi connectivity index (χ1v) is 9.93. The Balaban J connectivity index is 2.12. The van der Waals surface area contributed by atoms with E-state index in [-0.39, 0.29) is 11.5 Å². The maximum atomic E-state index is 12.9. The van der Waals surface area contributed by atoms with E-state index in [1.54, 1.807) is 31.2 Å². The molecule has 0 aromatic heterocycles. The number of nitrogens with one attached hydrogen (secondary N) is 1. The van der Waals surface area contributed by atoms with Gasteiger partial charge in [-0.05, 0) is 36.8 Å². The molecule has 0 bridgehead atoms. The quantitative estimate of drug-likeness (QED) is 0.550. The van der Waals surface area contributed by atoms with Crippen LogP contribution in [0.5, 0.6) is 5.75 Å². The highest BCUT2D eigenvalue weighted by atomic mass is 32.2. The fraction of sp³-hybridized carbons (Fsp3) is 0.222. The highest BCUT2D eigenvalue weighted by Crippen LogP contribution is 2.29. The van der Waals surface area contributed by atoms with E-state index in [1.807, 2.05) is 0 Å². The molecule has 0 heterocycles. The van der Waals surface area contributed by atoms with Gasteiger partial charge in [-0.3, -0.25) is 9.10 Å². The van der Waals surface area contributed by atoms with E-state index in [2.05, 4.69) is 10.5 Å². The zero-order valence-electron chi connectivity index (χ0n) is 14.9. The van der Waals surface area contributed by atoms with Gasteiger partial charge in [-0.1, -0.05) is 24.3 Å². The molecule has 1 N–H and O–H groups in total. The average molecular weight is 393 g/mol. The number of hydrogen-bond acceptors (Lipinski definition) is 5. The number of amides is 1. The van der Waals surface area contributed by atoms with Crippen molar-refractivity contribution >= 4 is 27.8 Å². The van der Waals surface area contributed by atoms with Gasteiger partial charge < -0.3 is 4.74 Å².